The minimum absolute atomic E-state index is 0.251. The number of hydrogen-bond donors (Lipinski definition) is 1. The van der Waals surface area contributed by atoms with Crippen LogP contribution in [-0.4, -0.2) is 25.1 Å². The zero-order valence-corrected chi connectivity index (χ0v) is 17.7. The maximum absolute atomic E-state index is 13.1. The molecule has 8 heteroatoms. The summed E-state index contributed by atoms with van der Waals surface area (Å²) in [5, 5.41) is 3.29. The molecule has 0 aliphatic rings. The average molecular weight is 452 g/mol. The van der Waals surface area contributed by atoms with Crippen LogP contribution in [0, 0.1) is 0 Å². The minimum atomic E-state index is -4.45. The van der Waals surface area contributed by atoms with E-state index in [0.717, 1.165) is 12.1 Å². The molecular formula is C25H19F3N2O3. The lowest BCUT2D eigenvalue weighted by Gasteiger charge is -2.13. The van der Waals surface area contributed by atoms with Crippen LogP contribution < -0.4 is 14.8 Å². The molecule has 168 valence electrons. The largest absolute Gasteiger partial charge is 0.493 e. The van der Waals surface area contributed by atoms with Gasteiger partial charge in [-0.1, -0.05) is 18.2 Å². The van der Waals surface area contributed by atoms with E-state index in [-0.39, 0.29) is 5.69 Å². The summed E-state index contributed by atoms with van der Waals surface area (Å²) in [6.07, 6.45) is -4.45. The molecule has 0 fully saturated rings. The second-order valence-corrected chi connectivity index (χ2v) is 7.17. The van der Waals surface area contributed by atoms with E-state index in [9.17, 15) is 18.0 Å². The van der Waals surface area contributed by atoms with Crippen molar-refractivity contribution < 1.29 is 27.4 Å². The summed E-state index contributed by atoms with van der Waals surface area (Å²) >= 11 is 0. The first-order valence-corrected chi connectivity index (χ1v) is 9.91. The molecule has 1 aromatic heterocycles. The number of pyridine rings is 1. The molecule has 0 spiro atoms. The number of fused-ring (bicyclic) bond motifs is 1. The number of carbonyl (C=O) groups excluding carboxylic acids is 1. The van der Waals surface area contributed by atoms with Gasteiger partial charge >= 0.3 is 6.18 Å². The lowest BCUT2D eigenvalue weighted by molar-refractivity contribution is -0.137. The molecule has 1 amide bonds. The Morgan fingerprint density at radius 3 is 2.24 bits per heavy atom. The zero-order valence-electron chi connectivity index (χ0n) is 17.7. The van der Waals surface area contributed by atoms with Gasteiger partial charge in [-0.15, -0.1) is 0 Å². The number of hydrogen-bond acceptors (Lipinski definition) is 4. The Hall–Kier alpha value is -4.07. The summed E-state index contributed by atoms with van der Waals surface area (Å²) in [5.74, 6) is 0.609. The van der Waals surface area contributed by atoms with Crippen LogP contribution in [0.2, 0.25) is 0 Å². The highest BCUT2D eigenvalue weighted by Gasteiger charge is 2.30. The fourth-order valence-corrected chi connectivity index (χ4v) is 3.45. The van der Waals surface area contributed by atoms with Gasteiger partial charge < -0.3 is 14.8 Å². The third-order valence-electron chi connectivity index (χ3n) is 5.11. The van der Waals surface area contributed by atoms with Crippen molar-refractivity contribution in [3.8, 4) is 22.8 Å². The van der Waals surface area contributed by atoms with E-state index in [1.165, 1.54) is 26.4 Å². The number of aromatic nitrogens is 1. The standard InChI is InChI=1S/C25H19F3N2O3/c1-32-22-12-7-15(13-23(22)33-2)21-14-19(18-5-3-4-6-20(18)30-21)24(31)29-17-10-8-16(9-11-17)25(26,27)28/h3-14H,1-2H3,(H,29,31). The van der Waals surface area contributed by atoms with E-state index in [1.54, 1.807) is 42.5 Å². The predicted octanol–water partition coefficient (Wildman–Crippen LogP) is 6.19. The molecule has 1 N–H and O–H groups in total. The molecule has 0 saturated carbocycles. The van der Waals surface area contributed by atoms with Crippen molar-refractivity contribution in [1.29, 1.82) is 0 Å². The summed E-state index contributed by atoms with van der Waals surface area (Å²) in [5.41, 5.74) is 1.65. The molecule has 0 atom stereocenters. The SMILES string of the molecule is COc1ccc(-c2cc(C(=O)Nc3ccc(C(F)(F)F)cc3)c3ccccc3n2)cc1OC. The van der Waals surface area contributed by atoms with Gasteiger partial charge in [-0.25, -0.2) is 4.98 Å². The van der Waals surface area contributed by atoms with Gasteiger partial charge in [0, 0.05) is 16.6 Å². The number of anilines is 1. The minimum Gasteiger partial charge on any atom is -0.493 e. The number of ether oxygens (including phenoxy) is 2. The van der Waals surface area contributed by atoms with Crippen molar-refractivity contribution >= 4 is 22.5 Å². The first-order valence-electron chi connectivity index (χ1n) is 9.91. The van der Waals surface area contributed by atoms with Crippen molar-refractivity contribution in [3.63, 3.8) is 0 Å². The fraction of sp³-hybridized carbons (Fsp3) is 0.120. The number of halogens is 3. The van der Waals surface area contributed by atoms with E-state index in [1.807, 2.05) is 6.07 Å². The first-order chi connectivity index (χ1) is 15.8. The Morgan fingerprint density at radius 2 is 1.58 bits per heavy atom. The molecule has 5 nitrogen and oxygen atoms in total. The molecule has 4 aromatic rings. The highest BCUT2D eigenvalue weighted by Crippen LogP contribution is 2.34. The summed E-state index contributed by atoms with van der Waals surface area (Å²) in [4.78, 5) is 17.8. The maximum Gasteiger partial charge on any atom is 0.416 e. The Bertz CT molecular complexity index is 1320. The molecule has 1 heterocycles. The van der Waals surface area contributed by atoms with Crippen LogP contribution >= 0.6 is 0 Å². The summed E-state index contributed by atoms with van der Waals surface area (Å²) < 4.78 is 49.1. The van der Waals surface area contributed by atoms with E-state index in [4.69, 9.17) is 9.47 Å². The number of methoxy groups -OCH3 is 2. The highest BCUT2D eigenvalue weighted by molar-refractivity contribution is 6.13. The fourth-order valence-electron chi connectivity index (χ4n) is 3.45. The van der Waals surface area contributed by atoms with Crippen molar-refractivity contribution in [2.45, 2.75) is 6.18 Å². The van der Waals surface area contributed by atoms with Gasteiger partial charge in [-0.2, -0.15) is 13.2 Å². The van der Waals surface area contributed by atoms with Crippen LogP contribution in [0.3, 0.4) is 0 Å². The second kappa shape index (κ2) is 8.82. The van der Waals surface area contributed by atoms with E-state index in [2.05, 4.69) is 10.3 Å². The first kappa shape index (κ1) is 22.1. The number of carbonyl (C=O) groups is 1. The number of nitrogens with zero attached hydrogens (tertiary/aromatic N) is 1. The summed E-state index contributed by atoms with van der Waals surface area (Å²) in [6.45, 7) is 0. The quantitative estimate of drug-likeness (QED) is 0.392. The second-order valence-electron chi connectivity index (χ2n) is 7.17. The predicted molar refractivity (Wildman–Crippen MR) is 120 cm³/mol. The number of rotatable bonds is 5. The average Bonchev–Trinajstić information content (AvgIpc) is 2.82. The lowest BCUT2D eigenvalue weighted by atomic mass is 10.0. The molecule has 0 aliphatic carbocycles. The van der Waals surface area contributed by atoms with Gasteiger partial charge in [-0.3, -0.25) is 4.79 Å². The van der Waals surface area contributed by atoms with Crippen LogP contribution in [0.1, 0.15) is 15.9 Å². The third-order valence-corrected chi connectivity index (χ3v) is 5.11. The van der Waals surface area contributed by atoms with Crippen LogP contribution in [-0.2, 0) is 6.18 Å². The molecule has 0 unspecified atom stereocenters. The number of nitrogens with one attached hydrogen (secondary N) is 1. The number of para-hydroxylation sites is 1. The number of amides is 1. The zero-order chi connectivity index (χ0) is 23.6. The molecule has 0 radical (unpaired) electrons. The molecule has 33 heavy (non-hydrogen) atoms. The van der Waals surface area contributed by atoms with E-state index in [0.29, 0.717) is 39.2 Å². The van der Waals surface area contributed by atoms with Gasteiger partial charge in [0.2, 0.25) is 0 Å². The third kappa shape index (κ3) is 4.59. The number of alkyl halides is 3. The molecule has 4 rings (SSSR count). The van der Waals surface area contributed by atoms with E-state index >= 15 is 0 Å². The van der Waals surface area contributed by atoms with Gasteiger partial charge in [0.15, 0.2) is 11.5 Å². The van der Waals surface area contributed by atoms with Crippen LogP contribution in [0.5, 0.6) is 11.5 Å². The monoisotopic (exact) mass is 452 g/mol. The van der Waals surface area contributed by atoms with E-state index < -0.39 is 17.6 Å². The van der Waals surface area contributed by atoms with Crippen LogP contribution in [0.25, 0.3) is 22.2 Å². The summed E-state index contributed by atoms with van der Waals surface area (Å²) in [7, 11) is 3.06. The van der Waals surface area contributed by atoms with Crippen molar-refractivity contribution in [3.05, 3.63) is 83.9 Å². The van der Waals surface area contributed by atoms with Crippen molar-refractivity contribution in [1.82, 2.24) is 4.98 Å². The Balaban J connectivity index is 1.73. The molecular weight excluding hydrogens is 433 g/mol. The Morgan fingerprint density at radius 1 is 0.879 bits per heavy atom. The molecule has 0 bridgehead atoms. The topological polar surface area (TPSA) is 60.5 Å². The van der Waals surface area contributed by atoms with Gasteiger partial charge in [0.25, 0.3) is 5.91 Å². The Kier molecular flexibility index (Phi) is 5.91. The molecule has 0 aliphatic heterocycles. The van der Waals surface area contributed by atoms with Crippen LogP contribution in [0.4, 0.5) is 18.9 Å². The normalized spacial score (nSPS) is 11.3. The number of benzene rings is 3. The summed E-state index contributed by atoms with van der Waals surface area (Å²) in [6, 6.07) is 18.4. The van der Waals surface area contributed by atoms with Gasteiger partial charge in [-0.05, 0) is 54.6 Å². The Labute approximate surface area is 187 Å². The van der Waals surface area contributed by atoms with Crippen LogP contribution in [0.15, 0.2) is 72.8 Å². The van der Waals surface area contributed by atoms with Gasteiger partial charge in [0.1, 0.15) is 0 Å². The molecule has 3 aromatic carbocycles. The lowest BCUT2D eigenvalue weighted by Crippen LogP contribution is -2.13. The highest BCUT2D eigenvalue weighted by atomic mass is 19.4. The van der Waals surface area contributed by atoms with Crippen molar-refractivity contribution in [2.24, 2.45) is 0 Å². The smallest absolute Gasteiger partial charge is 0.416 e. The molecule has 0 saturated heterocycles. The van der Waals surface area contributed by atoms with Gasteiger partial charge in [0.05, 0.1) is 36.6 Å². The maximum atomic E-state index is 13.1. The van der Waals surface area contributed by atoms with Crippen molar-refractivity contribution in [2.75, 3.05) is 19.5 Å².